The third-order valence-corrected chi connectivity index (χ3v) is 3.10. The lowest BCUT2D eigenvalue weighted by atomic mass is 10.0. The van der Waals surface area contributed by atoms with Crippen LogP contribution in [0.5, 0.6) is 0 Å². The van der Waals surface area contributed by atoms with Crippen molar-refractivity contribution in [3.05, 3.63) is 40.8 Å². The third-order valence-electron chi connectivity index (χ3n) is 3.10. The van der Waals surface area contributed by atoms with Gasteiger partial charge in [0, 0.05) is 6.20 Å². The van der Waals surface area contributed by atoms with E-state index in [9.17, 15) is 5.26 Å². The van der Waals surface area contributed by atoms with E-state index in [0.717, 1.165) is 35.3 Å². The van der Waals surface area contributed by atoms with Gasteiger partial charge in [-0.25, -0.2) is 0 Å². The van der Waals surface area contributed by atoms with Crippen molar-refractivity contribution in [2.75, 3.05) is 5.32 Å². The molecule has 0 atom stereocenters. The number of anilines is 2. The topological polar surface area (TPSA) is 74.5 Å². The minimum Gasteiger partial charge on any atom is -0.336 e. The monoisotopic (exact) mass is 267 g/mol. The lowest BCUT2D eigenvalue weighted by Crippen LogP contribution is -2.07. The van der Waals surface area contributed by atoms with Gasteiger partial charge in [-0.05, 0) is 37.0 Å². The van der Waals surface area contributed by atoms with Crippen LogP contribution < -0.4 is 5.32 Å². The Morgan fingerprint density at radius 3 is 2.60 bits per heavy atom. The summed E-state index contributed by atoms with van der Waals surface area (Å²) in [6.07, 6.45) is 5.02. The first-order valence-corrected chi connectivity index (χ1v) is 6.66. The lowest BCUT2D eigenvalue weighted by Gasteiger charge is -2.12. The Morgan fingerprint density at radius 2 is 2.00 bits per heavy atom. The van der Waals surface area contributed by atoms with Crippen molar-refractivity contribution in [2.45, 2.75) is 33.6 Å². The first-order valence-electron chi connectivity index (χ1n) is 6.66. The SMILES string of the molecule is CCc1nnc(Nc2cncc(C)c2)c(C#N)c1CC. The zero-order valence-corrected chi connectivity index (χ0v) is 11.9. The van der Waals surface area contributed by atoms with Crippen LogP contribution in [0.25, 0.3) is 0 Å². The maximum atomic E-state index is 9.41. The van der Waals surface area contributed by atoms with Gasteiger partial charge in [0.15, 0.2) is 5.82 Å². The molecule has 0 amide bonds. The van der Waals surface area contributed by atoms with E-state index >= 15 is 0 Å². The standard InChI is InChI=1S/C15H17N5/c1-4-12-13(7-16)15(20-19-14(12)5-2)18-11-6-10(3)8-17-9-11/h6,8-9H,4-5H2,1-3H3,(H,18,20). The second kappa shape index (κ2) is 6.11. The third kappa shape index (κ3) is 2.75. The molecule has 102 valence electrons. The second-order valence-corrected chi connectivity index (χ2v) is 4.54. The molecule has 0 bridgehead atoms. The van der Waals surface area contributed by atoms with Crippen molar-refractivity contribution in [3.8, 4) is 6.07 Å². The molecule has 5 heteroatoms. The molecule has 0 aromatic carbocycles. The number of aromatic nitrogens is 3. The summed E-state index contributed by atoms with van der Waals surface area (Å²) < 4.78 is 0. The van der Waals surface area contributed by atoms with E-state index in [-0.39, 0.29) is 0 Å². The molecule has 1 N–H and O–H groups in total. The predicted octanol–water partition coefficient (Wildman–Crippen LogP) is 2.92. The predicted molar refractivity (Wildman–Crippen MR) is 77.8 cm³/mol. The van der Waals surface area contributed by atoms with Crippen LogP contribution in [-0.2, 0) is 12.8 Å². The smallest absolute Gasteiger partial charge is 0.171 e. The van der Waals surface area contributed by atoms with E-state index < -0.39 is 0 Å². The van der Waals surface area contributed by atoms with Crippen molar-refractivity contribution in [1.29, 1.82) is 5.26 Å². The molecule has 0 saturated carbocycles. The summed E-state index contributed by atoms with van der Waals surface area (Å²) in [6, 6.07) is 4.19. The molecule has 0 aliphatic heterocycles. The van der Waals surface area contributed by atoms with E-state index in [1.807, 2.05) is 26.8 Å². The van der Waals surface area contributed by atoms with E-state index in [1.165, 1.54) is 0 Å². The molecule has 20 heavy (non-hydrogen) atoms. The normalized spacial score (nSPS) is 10.1. The highest BCUT2D eigenvalue weighted by molar-refractivity contribution is 5.64. The Bertz CT molecular complexity index is 658. The summed E-state index contributed by atoms with van der Waals surface area (Å²) in [6.45, 7) is 6.00. The fourth-order valence-corrected chi connectivity index (χ4v) is 2.14. The molecule has 0 unspecified atom stereocenters. The van der Waals surface area contributed by atoms with E-state index in [1.54, 1.807) is 12.4 Å². The number of pyridine rings is 1. The molecule has 5 nitrogen and oxygen atoms in total. The summed E-state index contributed by atoms with van der Waals surface area (Å²) >= 11 is 0. The van der Waals surface area contributed by atoms with Gasteiger partial charge in [0.25, 0.3) is 0 Å². The lowest BCUT2D eigenvalue weighted by molar-refractivity contribution is 0.877. The molecular weight excluding hydrogens is 250 g/mol. The van der Waals surface area contributed by atoms with Gasteiger partial charge < -0.3 is 5.32 Å². The number of nitrogens with one attached hydrogen (secondary N) is 1. The van der Waals surface area contributed by atoms with E-state index in [0.29, 0.717) is 11.4 Å². The highest BCUT2D eigenvalue weighted by atomic mass is 15.2. The van der Waals surface area contributed by atoms with Crippen LogP contribution in [0.15, 0.2) is 18.5 Å². The van der Waals surface area contributed by atoms with Crippen LogP contribution in [0.2, 0.25) is 0 Å². The highest BCUT2D eigenvalue weighted by Gasteiger charge is 2.14. The molecule has 2 heterocycles. The molecule has 0 aliphatic carbocycles. The van der Waals surface area contributed by atoms with Crippen LogP contribution in [-0.4, -0.2) is 15.2 Å². The van der Waals surface area contributed by atoms with Crippen LogP contribution in [0.1, 0.15) is 36.2 Å². The van der Waals surface area contributed by atoms with Crippen molar-refractivity contribution in [2.24, 2.45) is 0 Å². The first-order chi connectivity index (χ1) is 9.69. The van der Waals surface area contributed by atoms with Gasteiger partial charge in [-0.15, -0.1) is 5.10 Å². The molecule has 0 spiro atoms. The van der Waals surface area contributed by atoms with Gasteiger partial charge >= 0.3 is 0 Å². The van der Waals surface area contributed by atoms with Crippen molar-refractivity contribution in [3.63, 3.8) is 0 Å². The Labute approximate surface area is 118 Å². The Hall–Kier alpha value is -2.48. The number of aryl methyl sites for hydroxylation is 2. The highest BCUT2D eigenvalue weighted by Crippen LogP contribution is 2.23. The molecule has 2 aromatic rings. The fraction of sp³-hybridized carbons (Fsp3) is 0.333. The van der Waals surface area contributed by atoms with Gasteiger partial charge in [0.05, 0.1) is 17.6 Å². The molecule has 0 radical (unpaired) electrons. The quantitative estimate of drug-likeness (QED) is 0.921. The zero-order valence-electron chi connectivity index (χ0n) is 11.9. The maximum Gasteiger partial charge on any atom is 0.171 e. The number of nitrogens with zero attached hydrogens (tertiary/aromatic N) is 4. The summed E-state index contributed by atoms with van der Waals surface area (Å²) in [5, 5.41) is 20.9. The average molecular weight is 267 g/mol. The Morgan fingerprint density at radius 1 is 1.20 bits per heavy atom. The van der Waals surface area contributed by atoms with Crippen LogP contribution in [0.3, 0.4) is 0 Å². The van der Waals surface area contributed by atoms with Gasteiger partial charge in [-0.1, -0.05) is 13.8 Å². The summed E-state index contributed by atoms with van der Waals surface area (Å²) in [5.41, 5.74) is 4.27. The number of nitriles is 1. The molecule has 2 rings (SSSR count). The number of hydrogen-bond donors (Lipinski definition) is 1. The van der Waals surface area contributed by atoms with E-state index in [2.05, 4.69) is 26.6 Å². The van der Waals surface area contributed by atoms with Crippen LogP contribution in [0, 0.1) is 18.3 Å². The van der Waals surface area contributed by atoms with E-state index in [4.69, 9.17) is 0 Å². The minimum atomic E-state index is 0.494. The maximum absolute atomic E-state index is 9.41. The molecular formula is C15H17N5. The van der Waals surface area contributed by atoms with Gasteiger partial charge in [-0.2, -0.15) is 10.4 Å². The van der Waals surface area contributed by atoms with Crippen LogP contribution >= 0.6 is 0 Å². The van der Waals surface area contributed by atoms with Crippen molar-refractivity contribution >= 4 is 11.5 Å². The number of rotatable bonds is 4. The summed E-state index contributed by atoms with van der Waals surface area (Å²) in [5.74, 6) is 0.494. The fourth-order valence-electron chi connectivity index (χ4n) is 2.14. The summed E-state index contributed by atoms with van der Waals surface area (Å²) in [7, 11) is 0. The molecule has 2 aromatic heterocycles. The van der Waals surface area contributed by atoms with Crippen molar-refractivity contribution < 1.29 is 0 Å². The zero-order chi connectivity index (χ0) is 14.5. The summed E-state index contributed by atoms with van der Waals surface area (Å²) in [4.78, 5) is 4.12. The van der Waals surface area contributed by atoms with Crippen molar-refractivity contribution in [1.82, 2.24) is 15.2 Å². The van der Waals surface area contributed by atoms with Gasteiger partial charge in [-0.3, -0.25) is 4.98 Å². The van der Waals surface area contributed by atoms with Gasteiger partial charge in [0.2, 0.25) is 0 Å². The molecule has 0 fully saturated rings. The number of hydrogen-bond acceptors (Lipinski definition) is 5. The minimum absolute atomic E-state index is 0.494. The molecule has 0 saturated heterocycles. The Balaban J connectivity index is 2.45. The largest absolute Gasteiger partial charge is 0.336 e. The first kappa shape index (κ1) is 13.9. The second-order valence-electron chi connectivity index (χ2n) is 4.54. The van der Waals surface area contributed by atoms with Crippen LogP contribution in [0.4, 0.5) is 11.5 Å². The Kier molecular flexibility index (Phi) is 4.26. The van der Waals surface area contributed by atoms with Gasteiger partial charge in [0.1, 0.15) is 11.6 Å². The molecule has 0 aliphatic rings. The average Bonchev–Trinajstić information content (AvgIpc) is 2.46.